The number of piperidine rings is 1. The molecule has 0 N–H and O–H groups in total. The van der Waals surface area contributed by atoms with Crippen LogP contribution in [-0.4, -0.2) is 46.7 Å². The van der Waals surface area contributed by atoms with Crippen molar-refractivity contribution in [2.24, 2.45) is 5.92 Å². The standard InChI is InChI=1S/C21H28NO3S/c1-17-9-11-20(12-10-17)26(23,24)25-16-19-15-22(2,3)14-13-21(19)18-7-5-4-6-8-18/h4-12,19,21H,13-16H2,1-3H3/q+1. The summed E-state index contributed by atoms with van der Waals surface area (Å²) in [5.74, 6) is 0.497. The number of hydrogen-bond donors (Lipinski definition) is 0. The van der Waals surface area contributed by atoms with E-state index >= 15 is 0 Å². The van der Waals surface area contributed by atoms with Gasteiger partial charge in [0.05, 0.1) is 38.7 Å². The molecule has 0 aromatic heterocycles. The van der Waals surface area contributed by atoms with Crippen molar-refractivity contribution >= 4 is 10.1 Å². The van der Waals surface area contributed by atoms with Crippen molar-refractivity contribution < 1.29 is 17.1 Å². The molecule has 2 unspecified atom stereocenters. The van der Waals surface area contributed by atoms with Crippen LogP contribution >= 0.6 is 0 Å². The van der Waals surface area contributed by atoms with Gasteiger partial charge in [0.1, 0.15) is 0 Å². The second kappa shape index (κ2) is 7.51. The molecule has 0 amide bonds. The zero-order valence-corrected chi connectivity index (χ0v) is 16.6. The Morgan fingerprint density at radius 2 is 1.69 bits per heavy atom. The lowest BCUT2D eigenvalue weighted by Gasteiger charge is -2.42. The van der Waals surface area contributed by atoms with Crippen LogP contribution in [0.2, 0.25) is 0 Å². The molecule has 0 bridgehead atoms. The van der Waals surface area contributed by atoms with Gasteiger partial charge in [-0.1, -0.05) is 48.0 Å². The van der Waals surface area contributed by atoms with Gasteiger partial charge >= 0.3 is 0 Å². The Hall–Kier alpha value is -1.69. The van der Waals surface area contributed by atoms with Crippen molar-refractivity contribution in [2.45, 2.75) is 24.2 Å². The van der Waals surface area contributed by atoms with Crippen LogP contribution in [0.5, 0.6) is 0 Å². The van der Waals surface area contributed by atoms with Crippen LogP contribution in [0.1, 0.15) is 23.5 Å². The maximum absolute atomic E-state index is 12.6. The van der Waals surface area contributed by atoms with E-state index in [0.717, 1.165) is 29.6 Å². The van der Waals surface area contributed by atoms with Crippen molar-refractivity contribution in [1.29, 1.82) is 0 Å². The molecule has 140 valence electrons. The number of likely N-dealkylation sites (tertiary alicyclic amines) is 1. The van der Waals surface area contributed by atoms with E-state index in [1.54, 1.807) is 24.3 Å². The van der Waals surface area contributed by atoms with E-state index in [0.29, 0.717) is 5.92 Å². The highest BCUT2D eigenvalue weighted by molar-refractivity contribution is 7.86. The maximum Gasteiger partial charge on any atom is 0.296 e. The largest absolute Gasteiger partial charge is 0.328 e. The molecule has 4 nitrogen and oxygen atoms in total. The molecule has 0 aliphatic carbocycles. The van der Waals surface area contributed by atoms with Crippen LogP contribution in [0.25, 0.3) is 0 Å². The van der Waals surface area contributed by atoms with Crippen LogP contribution in [0, 0.1) is 12.8 Å². The average molecular weight is 375 g/mol. The molecule has 1 saturated heterocycles. The van der Waals surface area contributed by atoms with E-state index in [2.05, 4.69) is 26.2 Å². The second-order valence-corrected chi connectivity index (χ2v) is 9.57. The van der Waals surface area contributed by atoms with E-state index in [9.17, 15) is 8.42 Å². The van der Waals surface area contributed by atoms with Crippen LogP contribution in [0.15, 0.2) is 59.5 Å². The smallest absolute Gasteiger partial charge is 0.296 e. The number of nitrogens with zero attached hydrogens (tertiary/aromatic N) is 1. The molecule has 0 saturated carbocycles. The molecule has 3 rings (SSSR count). The highest BCUT2D eigenvalue weighted by Gasteiger charge is 2.37. The third kappa shape index (κ3) is 4.53. The SMILES string of the molecule is Cc1ccc(S(=O)(=O)OCC2C[N+](C)(C)CCC2c2ccccc2)cc1. The summed E-state index contributed by atoms with van der Waals surface area (Å²) in [6, 6.07) is 17.2. The first kappa shape index (κ1) is 19.1. The van der Waals surface area contributed by atoms with Gasteiger partial charge in [-0.05, 0) is 30.5 Å². The lowest BCUT2D eigenvalue weighted by molar-refractivity contribution is -0.899. The summed E-state index contributed by atoms with van der Waals surface area (Å²) in [6.07, 6.45) is 1.04. The monoisotopic (exact) mass is 374 g/mol. The summed E-state index contributed by atoms with van der Waals surface area (Å²) >= 11 is 0. The normalized spacial score (nSPS) is 22.9. The van der Waals surface area contributed by atoms with Crippen LogP contribution < -0.4 is 0 Å². The quantitative estimate of drug-likeness (QED) is 0.593. The topological polar surface area (TPSA) is 43.4 Å². The van der Waals surface area contributed by atoms with Gasteiger partial charge in [-0.25, -0.2) is 0 Å². The molecule has 1 aliphatic heterocycles. The lowest BCUT2D eigenvalue weighted by atomic mass is 9.80. The van der Waals surface area contributed by atoms with E-state index in [4.69, 9.17) is 4.18 Å². The van der Waals surface area contributed by atoms with Gasteiger partial charge < -0.3 is 4.48 Å². The molecule has 2 atom stereocenters. The fourth-order valence-corrected chi connectivity index (χ4v) is 4.79. The van der Waals surface area contributed by atoms with Gasteiger partial charge in [0, 0.05) is 12.3 Å². The van der Waals surface area contributed by atoms with Gasteiger partial charge in [0.25, 0.3) is 10.1 Å². The van der Waals surface area contributed by atoms with E-state index in [-0.39, 0.29) is 17.4 Å². The Bertz CT molecular complexity index is 829. The predicted molar refractivity (Wildman–Crippen MR) is 103 cm³/mol. The Kier molecular flexibility index (Phi) is 5.51. The number of rotatable bonds is 5. The Morgan fingerprint density at radius 1 is 1.04 bits per heavy atom. The van der Waals surface area contributed by atoms with Crippen molar-refractivity contribution in [3.05, 3.63) is 65.7 Å². The van der Waals surface area contributed by atoms with Gasteiger partial charge in [0.15, 0.2) is 0 Å². The lowest BCUT2D eigenvalue weighted by Crippen LogP contribution is -2.51. The highest BCUT2D eigenvalue weighted by Crippen LogP contribution is 2.35. The molecule has 0 spiro atoms. The number of quaternary nitrogens is 1. The average Bonchev–Trinajstić information content (AvgIpc) is 2.61. The first-order valence-electron chi connectivity index (χ1n) is 9.10. The molecule has 2 aromatic carbocycles. The van der Waals surface area contributed by atoms with Crippen molar-refractivity contribution in [3.63, 3.8) is 0 Å². The Morgan fingerprint density at radius 3 is 2.35 bits per heavy atom. The Balaban J connectivity index is 1.77. The molecule has 1 aliphatic rings. The summed E-state index contributed by atoms with van der Waals surface area (Å²) in [6.45, 7) is 4.14. The fourth-order valence-electron chi connectivity index (χ4n) is 3.84. The first-order chi connectivity index (χ1) is 12.3. The number of aryl methyl sites for hydroxylation is 1. The minimum absolute atomic E-state index is 0.168. The second-order valence-electron chi connectivity index (χ2n) is 7.96. The minimum Gasteiger partial charge on any atom is -0.328 e. The number of hydrogen-bond acceptors (Lipinski definition) is 3. The third-order valence-corrected chi connectivity index (χ3v) is 6.61. The maximum atomic E-state index is 12.6. The predicted octanol–water partition coefficient (Wildman–Crippen LogP) is 3.58. The zero-order chi connectivity index (χ0) is 18.8. The van der Waals surface area contributed by atoms with E-state index < -0.39 is 10.1 Å². The summed E-state index contributed by atoms with van der Waals surface area (Å²) in [5.41, 5.74) is 2.30. The highest BCUT2D eigenvalue weighted by atomic mass is 32.2. The van der Waals surface area contributed by atoms with Gasteiger partial charge in [-0.2, -0.15) is 8.42 Å². The molecule has 1 heterocycles. The molecule has 1 fully saturated rings. The molecular weight excluding hydrogens is 346 g/mol. The van der Waals surface area contributed by atoms with Crippen LogP contribution in [-0.2, 0) is 14.3 Å². The summed E-state index contributed by atoms with van der Waals surface area (Å²) in [7, 11) is 0.668. The van der Waals surface area contributed by atoms with Crippen molar-refractivity contribution in [2.75, 3.05) is 33.8 Å². The van der Waals surface area contributed by atoms with Crippen LogP contribution in [0.3, 0.4) is 0 Å². The van der Waals surface area contributed by atoms with Gasteiger partial charge in [0.2, 0.25) is 0 Å². The first-order valence-corrected chi connectivity index (χ1v) is 10.5. The van der Waals surface area contributed by atoms with E-state index in [1.807, 2.05) is 25.1 Å². The van der Waals surface area contributed by atoms with Crippen LogP contribution in [0.4, 0.5) is 0 Å². The molecule has 26 heavy (non-hydrogen) atoms. The summed E-state index contributed by atoms with van der Waals surface area (Å²) in [5, 5.41) is 0. The van der Waals surface area contributed by atoms with Crippen molar-refractivity contribution in [1.82, 2.24) is 0 Å². The molecular formula is C21H28NO3S+. The van der Waals surface area contributed by atoms with Crippen molar-refractivity contribution in [3.8, 4) is 0 Å². The summed E-state index contributed by atoms with van der Waals surface area (Å²) in [4.78, 5) is 0.226. The third-order valence-electron chi connectivity index (χ3n) is 5.32. The number of benzene rings is 2. The van der Waals surface area contributed by atoms with Gasteiger partial charge in [-0.3, -0.25) is 4.18 Å². The molecule has 0 radical (unpaired) electrons. The van der Waals surface area contributed by atoms with E-state index in [1.165, 1.54) is 5.56 Å². The fraction of sp³-hybridized carbons (Fsp3) is 0.429. The zero-order valence-electron chi connectivity index (χ0n) is 15.8. The molecule has 2 aromatic rings. The Labute approximate surface area is 157 Å². The minimum atomic E-state index is -3.73. The summed E-state index contributed by atoms with van der Waals surface area (Å²) < 4.78 is 31.5. The van der Waals surface area contributed by atoms with Gasteiger partial charge in [-0.15, -0.1) is 0 Å². The molecule has 5 heteroatoms.